The molecule has 2 aromatic rings. The number of sulfonamides is 1. The zero-order chi connectivity index (χ0) is 19.7. The van der Waals surface area contributed by atoms with Crippen LogP contribution < -0.4 is 4.72 Å². The van der Waals surface area contributed by atoms with Crippen LogP contribution in [0.2, 0.25) is 5.02 Å². The fourth-order valence-corrected chi connectivity index (χ4v) is 4.73. The third kappa shape index (κ3) is 4.69. The number of benzene rings is 2. The standard InChI is InChI=1S/C20H21ClN2O3S/c1-20(24)10-8-17(9-11-20)23-27(25,26)18-5-2-14(3-6-18)15-4-7-19(21)16(12-15)13-22/h2-7,12,17,23-24H,8-11H2,1H3. The van der Waals surface area contributed by atoms with E-state index in [-0.39, 0.29) is 10.9 Å². The van der Waals surface area contributed by atoms with Crippen molar-refractivity contribution in [1.29, 1.82) is 5.26 Å². The van der Waals surface area contributed by atoms with Crippen LogP contribution in [-0.2, 0) is 10.0 Å². The summed E-state index contributed by atoms with van der Waals surface area (Å²) in [6.07, 6.45) is 2.39. The van der Waals surface area contributed by atoms with Crippen molar-refractivity contribution < 1.29 is 13.5 Å². The van der Waals surface area contributed by atoms with E-state index in [1.807, 2.05) is 6.07 Å². The van der Waals surface area contributed by atoms with E-state index in [4.69, 9.17) is 16.9 Å². The molecule has 3 rings (SSSR count). The lowest BCUT2D eigenvalue weighted by molar-refractivity contribution is 0.0163. The summed E-state index contributed by atoms with van der Waals surface area (Å²) in [6, 6.07) is 13.5. The van der Waals surface area contributed by atoms with Gasteiger partial charge in [-0.1, -0.05) is 29.8 Å². The topological polar surface area (TPSA) is 90.2 Å². The second-order valence-electron chi connectivity index (χ2n) is 7.22. The molecule has 1 saturated carbocycles. The van der Waals surface area contributed by atoms with Crippen molar-refractivity contribution >= 4 is 21.6 Å². The maximum Gasteiger partial charge on any atom is 0.240 e. The van der Waals surface area contributed by atoms with E-state index in [0.717, 1.165) is 11.1 Å². The minimum absolute atomic E-state index is 0.163. The highest BCUT2D eigenvalue weighted by Gasteiger charge is 2.31. The molecular weight excluding hydrogens is 384 g/mol. The van der Waals surface area contributed by atoms with Gasteiger partial charge in [0.1, 0.15) is 6.07 Å². The van der Waals surface area contributed by atoms with Gasteiger partial charge in [0.25, 0.3) is 0 Å². The number of nitriles is 1. The van der Waals surface area contributed by atoms with Crippen LogP contribution in [0.1, 0.15) is 38.2 Å². The van der Waals surface area contributed by atoms with Gasteiger partial charge in [-0.15, -0.1) is 0 Å². The van der Waals surface area contributed by atoms with Crippen LogP contribution >= 0.6 is 11.6 Å². The number of hydrogen-bond acceptors (Lipinski definition) is 4. The van der Waals surface area contributed by atoms with Crippen molar-refractivity contribution in [2.24, 2.45) is 0 Å². The molecule has 2 N–H and O–H groups in total. The first kappa shape index (κ1) is 19.8. The molecule has 0 spiro atoms. The number of hydrogen-bond donors (Lipinski definition) is 2. The van der Waals surface area contributed by atoms with Crippen LogP contribution in [0.15, 0.2) is 47.4 Å². The number of aliphatic hydroxyl groups is 1. The molecule has 0 heterocycles. The third-order valence-electron chi connectivity index (χ3n) is 4.97. The summed E-state index contributed by atoms with van der Waals surface area (Å²) in [6.45, 7) is 1.78. The zero-order valence-electron chi connectivity index (χ0n) is 14.9. The molecule has 0 bridgehead atoms. The summed E-state index contributed by atoms with van der Waals surface area (Å²) >= 11 is 5.95. The van der Waals surface area contributed by atoms with Crippen molar-refractivity contribution in [2.75, 3.05) is 0 Å². The summed E-state index contributed by atoms with van der Waals surface area (Å²) in [5, 5.41) is 19.5. The molecule has 142 valence electrons. The lowest BCUT2D eigenvalue weighted by Gasteiger charge is -2.33. The van der Waals surface area contributed by atoms with E-state index < -0.39 is 15.6 Å². The molecule has 1 aliphatic rings. The smallest absolute Gasteiger partial charge is 0.240 e. The Kier molecular flexibility index (Phi) is 5.59. The lowest BCUT2D eigenvalue weighted by Crippen LogP contribution is -2.42. The Morgan fingerprint density at radius 1 is 1.15 bits per heavy atom. The molecule has 0 aromatic heterocycles. The Balaban J connectivity index is 1.76. The molecule has 2 aromatic carbocycles. The molecule has 0 saturated heterocycles. The fourth-order valence-electron chi connectivity index (χ4n) is 3.26. The van der Waals surface area contributed by atoms with Gasteiger partial charge in [-0.05, 0) is 68.0 Å². The van der Waals surface area contributed by atoms with Gasteiger partial charge in [-0.25, -0.2) is 13.1 Å². The van der Waals surface area contributed by atoms with Gasteiger partial charge in [0.2, 0.25) is 10.0 Å². The molecule has 0 amide bonds. The minimum Gasteiger partial charge on any atom is -0.390 e. The monoisotopic (exact) mass is 404 g/mol. The molecule has 27 heavy (non-hydrogen) atoms. The molecule has 0 unspecified atom stereocenters. The van der Waals surface area contributed by atoms with E-state index in [1.54, 1.807) is 49.4 Å². The molecule has 0 atom stereocenters. The second kappa shape index (κ2) is 7.61. The van der Waals surface area contributed by atoms with Crippen molar-refractivity contribution in [3.8, 4) is 17.2 Å². The first-order valence-corrected chi connectivity index (χ1v) is 10.6. The van der Waals surface area contributed by atoms with Crippen molar-refractivity contribution in [2.45, 2.75) is 49.1 Å². The highest BCUT2D eigenvalue weighted by molar-refractivity contribution is 7.89. The molecule has 5 nitrogen and oxygen atoms in total. The average molecular weight is 405 g/mol. The van der Waals surface area contributed by atoms with E-state index in [9.17, 15) is 13.5 Å². The van der Waals surface area contributed by atoms with E-state index >= 15 is 0 Å². The van der Waals surface area contributed by atoms with Gasteiger partial charge in [0, 0.05) is 6.04 Å². The molecular formula is C20H21ClN2O3S. The summed E-state index contributed by atoms with van der Waals surface area (Å²) in [5.41, 5.74) is 1.27. The van der Waals surface area contributed by atoms with Crippen molar-refractivity contribution in [3.63, 3.8) is 0 Å². The molecule has 1 fully saturated rings. The SMILES string of the molecule is CC1(O)CCC(NS(=O)(=O)c2ccc(-c3ccc(Cl)c(C#N)c3)cc2)CC1. The van der Waals surface area contributed by atoms with E-state index in [0.29, 0.717) is 36.3 Å². The van der Waals surface area contributed by atoms with Gasteiger partial charge in [0.05, 0.1) is 21.1 Å². The minimum atomic E-state index is -3.62. The van der Waals surface area contributed by atoms with E-state index in [2.05, 4.69) is 4.72 Å². The van der Waals surface area contributed by atoms with Crippen LogP contribution in [0.25, 0.3) is 11.1 Å². The maximum absolute atomic E-state index is 12.6. The fraction of sp³-hybridized carbons (Fsp3) is 0.350. The summed E-state index contributed by atoms with van der Waals surface area (Å²) in [4.78, 5) is 0.193. The highest BCUT2D eigenvalue weighted by Crippen LogP contribution is 2.29. The normalized spacial score (nSPS) is 23.0. The molecule has 7 heteroatoms. The Morgan fingerprint density at radius 3 is 2.33 bits per heavy atom. The lowest BCUT2D eigenvalue weighted by atomic mass is 9.84. The third-order valence-corrected chi connectivity index (χ3v) is 6.84. The van der Waals surface area contributed by atoms with Crippen LogP contribution in [0.3, 0.4) is 0 Å². The van der Waals surface area contributed by atoms with Crippen LogP contribution in [0.4, 0.5) is 0 Å². The van der Waals surface area contributed by atoms with Crippen LogP contribution in [-0.4, -0.2) is 25.2 Å². The second-order valence-corrected chi connectivity index (χ2v) is 9.34. The van der Waals surface area contributed by atoms with Crippen LogP contribution in [0, 0.1) is 11.3 Å². The number of rotatable bonds is 4. The van der Waals surface area contributed by atoms with Gasteiger partial charge in [-0.3, -0.25) is 0 Å². The van der Waals surface area contributed by atoms with Gasteiger partial charge >= 0.3 is 0 Å². The summed E-state index contributed by atoms with van der Waals surface area (Å²) in [7, 11) is -3.62. The van der Waals surface area contributed by atoms with E-state index in [1.165, 1.54) is 0 Å². The first-order valence-electron chi connectivity index (χ1n) is 8.75. The van der Waals surface area contributed by atoms with Crippen molar-refractivity contribution in [1.82, 2.24) is 4.72 Å². The Hall–Kier alpha value is -1.91. The van der Waals surface area contributed by atoms with Crippen LogP contribution in [0.5, 0.6) is 0 Å². The highest BCUT2D eigenvalue weighted by atomic mass is 35.5. The van der Waals surface area contributed by atoms with Crippen molar-refractivity contribution in [3.05, 3.63) is 53.1 Å². The Morgan fingerprint density at radius 2 is 1.74 bits per heavy atom. The predicted molar refractivity (Wildman–Crippen MR) is 105 cm³/mol. The summed E-state index contributed by atoms with van der Waals surface area (Å²) < 4.78 is 28.0. The quantitative estimate of drug-likeness (QED) is 0.809. The van der Waals surface area contributed by atoms with Gasteiger partial charge in [0.15, 0.2) is 0 Å². The molecule has 0 radical (unpaired) electrons. The predicted octanol–water partition coefficient (Wildman–Crippen LogP) is 3.85. The molecule has 0 aliphatic heterocycles. The van der Waals surface area contributed by atoms with Gasteiger partial charge in [-0.2, -0.15) is 5.26 Å². The maximum atomic E-state index is 12.6. The largest absolute Gasteiger partial charge is 0.390 e. The Labute approximate surface area is 164 Å². The van der Waals surface area contributed by atoms with Gasteiger partial charge < -0.3 is 5.11 Å². The number of nitrogens with one attached hydrogen (secondary N) is 1. The first-order chi connectivity index (χ1) is 12.7. The average Bonchev–Trinajstić information content (AvgIpc) is 2.64. The number of nitrogens with zero attached hydrogens (tertiary/aromatic N) is 1. The zero-order valence-corrected chi connectivity index (χ0v) is 16.5. The number of halogens is 1. The molecule has 1 aliphatic carbocycles. The Bertz CT molecular complexity index is 969. The summed E-state index contributed by atoms with van der Waals surface area (Å²) in [5.74, 6) is 0.